The molecule has 3 heterocycles. The van der Waals surface area contributed by atoms with Gasteiger partial charge in [0.05, 0.1) is 12.0 Å². The van der Waals surface area contributed by atoms with Crippen LogP contribution in [0.1, 0.15) is 10.4 Å². The number of amides is 1. The zero-order valence-electron chi connectivity index (χ0n) is 15.6. The van der Waals surface area contributed by atoms with E-state index < -0.39 is 10.0 Å². The lowest BCUT2D eigenvalue weighted by atomic mass is 10.2. The molecule has 9 nitrogen and oxygen atoms in total. The summed E-state index contributed by atoms with van der Waals surface area (Å²) in [5, 5.41) is 0.908. The molecular weight excluding hydrogens is 414 g/mol. The lowest BCUT2D eigenvalue weighted by Crippen LogP contribution is -2.48. The predicted molar refractivity (Wildman–Crippen MR) is 109 cm³/mol. The van der Waals surface area contributed by atoms with Gasteiger partial charge in [0.1, 0.15) is 10.3 Å². The van der Waals surface area contributed by atoms with Gasteiger partial charge in [0.25, 0.3) is 15.9 Å². The molecular formula is C18H19N5O4S2. The Kier molecular flexibility index (Phi) is 5.46. The second-order valence-corrected chi connectivity index (χ2v) is 9.02. The standard InChI is InChI=1S/C18H19N5O4S2/c1-27-21-29(25,26)14-6-4-13(5-7-14)17(24)22-9-11-23(12-10-22)18-20-15-3-2-8-19-16(15)28-18/h2-8,21H,9-12H2,1H3. The number of hydrogen-bond acceptors (Lipinski definition) is 8. The molecule has 1 aliphatic rings. The fraction of sp³-hybridized carbons (Fsp3) is 0.278. The number of fused-ring (bicyclic) bond motifs is 1. The Bertz CT molecular complexity index is 1090. The highest BCUT2D eigenvalue weighted by molar-refractivity contribution is 7.89. The molecule has 1 aromatic carbocycles. The van der Waals surface area contributed by atoms with Gasteiger partial charge in [-0.3, -0.25) is 9.63 Å². The summed E-state index contributed by atoms with van der Waals surface area (Å²) >= 11 is 1.54. The molecule has 0 bridgehead atoms. The van der Waals surface area contributed by atoms with Crippen molar-refractivity contribution >= 4 is 42.7 Å². The minimum atomic E-state index is -3.74. The van der Waals surface area contributed by atoms with Gasteiger partial charge in [-0.05, 0) is 36.4 Å². The summed E-state index contributed by atoms with van der Waals surface area (Å²) in [7, 11) is -2.52. The minimum Gasteiger partial charge on any atom is -0.344 e. The second kappa shape index (κ2) is 8.03. The molecule has 4 rings (SSSR count). The number of sulfonamides is 1. The molecule has 0 atom stereocenters. The van der Waals surface area contributed by atoms with Crippen LogP contribution >= 0.6 is 11.3 Å². The fourth-order valence-corrected chi connectivity index (χ4v) is 4.88. The Balaban J connectivity index is 1.41. The molecule has 1 amide bonds. The Labute approximate surface area is 171 Å². The van der Waals surface area contributed by atoms with Crippen LogP contribution in [0.4, 0.5) is 5.13 Å². The number of thiazole rings is 1. The number of benzene rings is 1. The van der Waals surface area contributed by atoms with Gasteiger partial charge in [-0.2, -0.15) is 0 Å². The summed E-state index contributed by atoms with van der Waals surface area (Å²) in [5.74, 6) is -0.126. The van der Waals surface area contributed by atoms with Crippen molar-refractivity contribution in [3.8, 4) is 0 Å². The molecule has 0 spiro atoms. The highest BCUT2D eigenvalue weighted by Crippen LogP contribution is 2.27. The SMILES string of the molecule is CONS(=O)(=O)c1ccc(C(=O)N2CCN(c3nc4cccnc4s3)CC2)cc1. The van der Waals surface area contributed by atoms with E-state index >= 15 is 0 Å². The third-order valence-corrected chi connectivity index (χ3v) is 6.92. The second-order valence-electron chi connectivity index (χ2n) is 6.42. The Morgan fingerprint density at radius 2 is 1.86 bits per heavy atom. The van der Waals surface area contributed by atoms with Crippen LogP contribution in [0, 0.1) is 0 Å². The van der Waals surface area contributed by atoms with Gasteiger partial charge in [0, 0.05) is 37.9 Å². The van der Waals surface area contributed by atoms with Crippen LogP contribution in [0.5, 0.6) is 0 Å². The first-order chi connectivity index (χ1) is 14.0. The minimum absolute atomic E-state index is 0.0326. The van der Waals surface area contributed by atoms with Crippen LogP contribution in [0.3, 0.4) is 0 Å². The summed E-state index contributed by atoms with van der Waals surface area (Å²) in [6.45, 7) is 2.48. The molecule has 1 aliphatic heterocycles. The molecule has 0 aliphatic carbocycles. The van der Waals surface area contributed by atoms with E-state index in [2.05, 4.69) is 19.7 Å². The first-order valence-electron chi connectivity index (χ1n) is 8.88. The number of rotatable bonds is 5. The lowest BCUT2D eigenvalue weighted by Gasteiger charge is -2.34. The van der Waals surface area contributed by atoms with Crippen molar-refractivity contribution < 1.29 is 18.0 Å². The van der Waals surface area contributed by atoms with E-state index in [1.807, 2.05) is 17.0 Å². The molecule has 1 fully saturated rings. The van der Waals surface area contributed by atoms with Gasteiger partial charge < -0.3 is 9.80 Å². The number of carbonyl (C=O) groups is 1. The van der Waals surface area contributed by atoms with Gasteiger partial charge in [-0.25, -0.2) is 18.4 Å². The molecule has 29 heavy (non-hydrogen) atoms. The van der Waals surface area contributed by atoms with Gasteiger partial charge in [0.15, 0.2) is 5.13 Å². The van der Waals surface area contributed by atoms with Crippen LogP contribution in [0.25, 0.3) is 10.3 Å². The average Bonchev–Trinajstić information content (AvgIpc) is 3.18. The fourth-order valence-electron chi connectivity index (χ4n) is 3.11. The Morgan fingerprint density at radius 1 is 1.14 bits per heavy atom. The first-order valence-corrected chi connectivity index (χ1v) is 11.2. The Morgan fingerprint density at radius 3 is 2.52 bits per heavy atom. The van der Waals surface area contributed by atoms with Crippen LogP contribution in [-0.4, -0.2) is 62.5 Å². The van der Waals surface area contributed by atoms with Crippen molar-refractivity contribution in [3.05, 3.63) is 48.2 Å². The van der Waals surface area contributed by atoms with Crippen molar-refractivity contribution in [2.45, 2.75) is 4.90 Å². The highest BCUT2D eigenvalue weighted by Gasteiger charge is 2.24. The number of aromatic nitrogens is 2. The van der Waals surface area contributed by atoms with E-state index in [0.29, 0.717) is 31.7 Å². The van der Waals surface area contributed by atoms with E-state index in [4.69, 9.17) is 0 Å². The number of pyridine rings is 1. The van der Waals surface area contributed by atoms with Crippen molar-refractivity contribution in [1.82, 2.24) is 19.8 Å². The van der Waals surface area contributed by atoms with Crippen molar-refractivity contribution in [3.63, 3.8) is 0 Å². The number of nitrogens with zero attached hydrogens (tertiary/aromatic N) is 4. The molecule has 0 unspecified atom stereocenters. The highest BCUT2D eigenvalue weighted by atomic mass is 32.2. The number of piperazine rings is 1. The molecule has 2 aromatic heterocycles. The van der Waals surface area contributed by atoms with E-state index in [-0.39, 0.29) is 10.8 Å². The molecule has 152 valence electrons. The van der Waals surface area contributed by atoms with Crippen LogP contribution < -0.4 is 9.79 Å². The van der Waals surface area contributed by atoms with Crippen molar-refractivity contribution in [1.29, 1.82) is 0 Å². The molecule has 11 heteroatoms. The molecule has 1 saturated heterocycles. The predicted octanol–water partition coefficient (Wildman–Crippen LogP) is 1.49. The largest absolute Gasteiger partial charge is 0.344 e. The summed E-state index contributed by atoms with van der Waals surface area (Å²) in [4.78, 5) is 33.0. The van der Waals surface area contributed by atoms with Crippen molar-refractivity contribution in [2.75, 3.05) is 38.2 Å². The zero-order valence-corrected chi connectivity index (χ0v) is 17.2. The molecule has 0 radical (unpaired) electrons. The van der Waals surface area contributed by atoms with Crippen LogP contribution in [0.15, 0.2) is 47.5 Å². The third-order valence-electron chi connectivity index (χ3n) is 4.60. The zero-order chi connectivity index (χ0) is 20.4. The maximum Gasteiger partial charge on any atom is 0.262 e. The number of nitrogens with one attached hydrogen (secondary N) is 1. The molecule has 3 aromatic rings. The maximum absolute atomic E-state index is 12.8. The Hall–Kier alpha value is -2.60. The number of carbonyl (C=O) groups excluding carboxylic acids is 1. The maximum atomic E-state index is 12.8. The first kappa shape index (κ1) is 19.7. The summed E-state index contributed by atoms with van der Waals surface area (Å²) < 4.78 is 23.8. The van der Waals surface area contributed by atoms with Gasteiger partial charge >= 0.3 is 0 Å². The monoisotopic (exact) mass is 433 g/mol. The lowest BCUT2D eigenvalue weighted by molar-refractivity contribution is 0.0746. The van der Waals surface area contributed by atoms with E-state index in [1.165, 1.54) is 31.4 Å². The van der Waals surface area contributed by atoms with Crippen LogP contribution in [-0.2, 0) is 14.9 Å². The van der Waals surface area contributed by atoms with Gasteiger partial charge in [-0.15, -0.1) is 0 Å². The van der Waals surface area contributed by atoms with Crippen LogP contribution in [0.2, 0.25) is 0 Å². The van der Waals surface area contributed by atoms with Gasteiger partial charge in [-0.1, -0.05) is 16.2 Å². The number of anilines is 1. The van der Waals surface area contributed by atoms with E-state index in [1.54, 1.807) is 22.4 Å². The summed E-state index contributed by atoms with van der Waals surface area (Å²) in [6.07, 6.45) is 1.75. The van der Waals surface area contributed by atoms with Gasteiger partial charge in [0.2, 0.25) is 0 Å². The third kappa shape index (κ3) is 4.08. The quantitative estimate of drug-likeness (QED) is 0.608. The average molecular weight is 434 g/mol. The van der Waals surface area contributed by atoms with E-state index in [0.717, 1.165) is 15.5 Å². The summed E-state index contributed by atoms with van der Waals surface area (Å²) in [5.41, 5.74) is 1.32. The normalized spacial score (nSPS) is 15.1. The topological polar surface area (TPSA) is 105 Å². The molecule has 1 N–H and O–H groups in total. The molecule has 0 saturated carbocycles. The smallest absolute Gasteiger partial charge is 0.262 e. The number of hydrogen-bond donors (Lipinski definition) is 1. The van der Waals surface area contributed by atoms with E-state index in [9.17, 15) is 13.2 Å². The van der Waals surface area contributed by atoms with Crippen molar-refractivity contribution in [2.24, 2.45) is 0 Å². The summed E-state index contributed by atoms with van der Waals surface area (Å²) in [6, 6.07) is 9.60.